The molecule has 2 rings (SSSR count). The number of carbonyl (C=O) groups is 2. The molecule has 0 radical (unpaired) electrons. The largest absolute Gasteiger partial charge is 0.465 e. The summed E-state index contributed by atoms with van der Waals surface area (Å²) in [6, 6.07) is 0.346. The van der Waals surface area contributed by atoms with E-state index in [1.807, 2.05) is 0 Å². The van der Waals surface area contributed by atoms with Crippen LogP contribution in [0.25, 0.3) is 0 Å². The zero-order valence-corrected chi connectivity index (χ0v) is 11.7. The van der Waals surface area contributed by atoms with Crippen LogP contribution >= 0.6 is 11.3 Å². The molecule has 0 atom stereocenters. The number of methoxy groups -OCH3 is 1. The molecule has 0 aliphatic heterocycles. The quantitative estimate of drug-likeness (QED) is 0.727. The third-order valence-electron chi connectivity index (χ3n) is 3.21. The zero-order chi connectivity index (χ0) is 14.0. The van der Waals surface area contributed by atoms with E-state index in [2.05, 4.69) is 10.6 Å². The zero-order valence-electron chi connectivity index (χ0n) is 10.9. The van der Waals surface area contributed by atoms with Crippen LogP contribution in [0.1, 0.15) is 39.3 Å². The number of carbonyl (C=O) groups excluding carboxylic acids is 2. The van der Waals surface area contributed by atoms with E-state index in [1.165, 1.54) is 31.9 Å². The van der Waals surface area contributed by atoms with Gasteiger partial charge in [-0.25, -0.2) is 4.79 Å². The molecule has 6 nitrogen and oxygen atoms in total. The second-order valence-corrected chi connectivity index (χ2v) is 5.41. The number of ether oxygens (including phenoxy) is 1. The Balaban J connectivity index is 2.37. The molecule has 1 amide bonds. The van der Waals surface area contributed by atoms with E-state index >= 15 is 0 Å². The van der Waals surface area contributed by atoms with Gasteiger partial charge in [0.2, 0.25) is 0 Å². The molecule has 0 bridgehead atoms. The monoisotopic (exact) mass is 283 g/mol. The molecule has 7 heteroatoms. The highest BCUT2D eigenvalue weighted by Gasteiger charge is 2.28. The van der Waals surface area contributed by atoms with Gasteiger partial charge in [-0.05, 0) is 19.3 Å². The van der Waals surface area contributed by atoms with Gasteiger partial charge in [0.15, 0.2) is 0 Å². The lowest BCUT2D eigenvalue weighted by molar-refractivity contribution is 0.0603. The Bertz CT molecular complexity index is 509. The molecular weight excluding hydrogens is 266 g/mol. The Morgan fingerprint density at radius 2 is 2.11 bits per heavy atom. The van der Waals surface area contributed by atoms with Gasteiger partial charge in [-0.2, -0.15) is 0 Å². The van der Waals surface area contributed by atoms with E-state index < -0.39 is 5.97 Å². The summed E-state index contributed by atoms with van der Waals surface area (Å²) in [5.74, 6) is -0.819. The Kier molecular flexibility index (Phi) is 3.94. The molecule has 104 valence electrons. The van der Waals surface area contributed by atoms with Crippen LogP contribution in [0.3, 0.4) is 0 Å². The summed E-state index contributed by atoms with van der Waals surface area (Å²) in [5, 5.41) is 6.39. The fourth-order valence-electron chi connectivity index (χ4n) is 1.87. The summed E-state index contributed by atoms with van der Waals surface area (Å²) >= 11 is 1.19. The number of amides is 1. The predicted molar refractivity (Wildman–Crippen MR) is 74.7 cm³/mol. The van der Waals surface area contributed by atoms with Crippen molar-refractivity contribution in [1.82, 2.24) is 5.32 Å². The van der Waals surface area contributed by atoms with E-state index in [1.54, 1.807) is 0 Å². The first-order valence-electron chi connectivity index (χ1n) is 6.07. The lowest BCUT2D eigenvalue weighted by Gasteiger charge is -2.27. The minimum Gasteiger partial charge on any atom is -0.465 e. The highest BCUT2D eigenvalue weighted by molar-refractivity contribution is 7.19. The molecule has 1 saturated carbocycles. The molecule has 1 aromatic rings. The normalized spacial score (nSPS) is 14.6. The van der Waals surface area contributed by atoms with Crippen molar-refractivity contribution in [3.8, 4) is 0 Å². The van der Waals surface area contributed by atoms with Crippen molar-refractivity contribution in [3.05, 3.63) is 10.4 Å². The maximum absolute atomic E-state index is 11.8. The minimum absolute atomic E-state index is 0.179. The first-order valence-corrected chi connectivity index (χ1v) is 6.89. The van der Waals surface area contributed by atoms with Crippen LogP contribution in [0.15, 0.2) is 0 Å². The fraction of sp³-hybridized carbons (Fsp3) is 0.500. The molecule has 1 aliphatic rings. The minimum atomic E-state index is -0.522. The highest BCUT2D eigenvalue weighted by Crippen LogP contribution is 2.38. The van der Waals surface area contributed by atoms with Crippen molar-refractivity contribution in [2.24, 2.45) is 0 Å². The number of esters is 1. The molecule has 1 fully saturated rings. The number of hydrogen-bond donors (Lipinski definition) is 3. The molecular formula is C12H17N3O3S. The van der Waals surface area contributed by atoms with Gasteiger partial charge in [-0.3, -0.25) is 4.79 Å². The van der Waals surface area contributed by atoms with Crippen LogP contribution in [-0.2, 0) is 4.74 Å². The highest BCUT2D eigenvalue weighted by atomic mass is 32.1. The smallest absolute Gasteiger partial charge is 0.343 e. The van der Waals surface area contributed by atoms with Gasteiger partial charge in [0.1, 0.15) is 15.4 Å². The van der Waals surface area contributed by atoms with E-state index in [0.29, 0.717) is 15.9 Å². The van der Waals surface area contributed by atoms with E-state index in [-0.39, 0.29) is 17.2 Å². The van der Waals surface area contributed by atoms with Crippen molar-refractivity contribution in [2.45, 2.75) is 25.3 Å². The first-order chi connectivity index (χ1) is 9.08. The average Bonchev–Trinajstić information content (AvgIpc) is 2.69. The molecule has 1 heterocycles. The Morgan fingerprint density at radius 3 is 2.58 bits per heavy atom. The molecule has 4 N–H and O–H groups in total. The van der Waals surface area contributed by atoms with Crippen molar-refractivity contribution in [3.63, 3.8) is 0 Å². The Labute approximate surface area is 115 Å². The number of hydrogen-bond acceptors (Lipinski definition) is 6. The van der Waals surface area contributed by atoms with Gasteiger partial charge in [0.25, 0.3) is 5.91 Å². The van der Waals surface area contributed by atoms with E-state index in [9.17, 15) is 9.59 Å². The van der Waals surface area contributed by atoms with E-state index in [0.717, 1.165) is 12.8 Å². The summed E-state index contributed by atoms with van der Waals surface area (Å²) in [6.45, 7) is 0. The fourth-order valence-corrected chi connectivity index (χ4v) is 3.00. The standard InChI is InChI=1S/C12H17N3O3S/c1-14-10(16)9-8(13)7(12(17)18-2)11(19-9)15-6-4-3-5-6/h6,15H,3-5,13H2,1-2H3,(H,14,16). The van der Waals surface area contributed by atoms with Crippen molar-refractivity contribution in [2.75, 3.05) is 25.2 Å². The molecule has 0 aromatic carbocycles. The maximum Gasteiger partial charge on any atom is 0.343 e. The molecule has 19 heavy (non-hydrogen) atoms. The van der Waals surface area contributed by atoms with Gasteiger partial charge >= 0.3 is 5.97 Å². The number of nitrogens with one attached hydrogen (secondary N) is 2. The van der Waals surface area contributed by atoms with Crippen molar-refractivity contribution in [1.29, 1.82) is 0 Å². The summed E-state index contributed by atoms with van der Waals surface area (Å²) in [7, 11) is 2.82. The van der Waals surface area contributed by atoms with Gasteiger partial charge in [-0.15, -0.1) is 11.3 Å². The van der Waals surface area contributed by atoms with Gasteiger partial charge in [0.05, 0.1) is 12.8 Å². The summed E-state index contributed by atoms with van der Waals surface area (Å²) < 4.78 is 4.73. The average molecular weight is 283 g/mol. The third-order valence-corrected chi connectivity index (χ3v) is 4.34. The predicted octanol–water partition coefficient (Wildman–Crippen LogP) is 1.44. The molecule has 0 saturated heterocycles. The topological polar surface area (TPSA) is 93.5 Å². The van der Waals surface area contributed by atoms with E-state index in [4.69, 9.17) is 10.5 Å². The van der Waals surface area contributed by atoms with Crippen LogP contribution in [0.4, 0.5) is 10.7 Å². The van der Waals surface area contributed by atoms with Crippen molar-refractivity contribution < 1.29 is 14.3 Å². The van der Waals surface area contributed by atoms with Gasteiger partial charge < -0.3 is 21.1 Å². The lowest BCUT2D eigenvalue weighted by atomic mass is 9.93. The van der Waals surface area contributed by atoms with Gasteiger partial charge in [-0.1, -0.05) is 0 Å². The van der Waals surface area contributed by atoms with Gasteiger partial charge in [0, 0.05) is 13.1 Å². The number of nitrogens with two attached hydrogens (primary N) is 1. The van der Waals surface area contributed by atoms with Crippen LogP contribution < -0.4 is 16.4 Å². The number of anilines is 2. The second-order valence-electron chi connectivity index (χ2n) is 4.39. The van der Waals surface area contributed by atoms with Crippen LogP contribution in [0.2, 0.25) is 0 Å². The van der Waals surface area contributed by atoms with Crippen LogP contribution in [0, 0.1) is 0 Å². The van der Waals surface area contributed by atoms with Crippen molar-refractivity contribution >= 4 is 33.9 Å². The Morgan fingerprint density at radius 1 is 1.42 bits per heavy atom. The third kappa shape index (κ3) is 2.51. The number of rotatable bonds is 4. The summed E-state index contributed by atoms with van der Waals surface area (Å²) in [6.07, 6.45) is 3.30. The van der Waals surface area contributed by atoms with Crippen LogP contribution in [0.5, 0.6) is 0 Å². The number of thiophene rings is 1. The molecule has 1 aliphatic carbocycles. The first kappa shape index (κ1) is 13.7. The molecule has 1 aromatic heterocycles. The second kappa shape index (κ2) is 5.48. The lowest BCUT2D eigenvalue weighted by Crippen LogP contribution is -2.27. The summed E-state index contributed by atoms with van der Waals surface area (Å²) in [4.78, 5) is 23.9. The number of nitrogen functional groups attached to an aromatic ring is 1. The molecule has 0 unspecified atom stereocenters. The maximum atomic E-state index is 11.8. The molecule has 0 spiro atoms. The SMILES string of the molecule is CNC(=O)c1sc(NC2CCC2)c(C(=O)OC)c1N. The summed E-state index contributed by atoms with van der Waals surface area (Å²) in [5.41, 5.74) is 6.34. The Hall–Kier alpha value is -1.76. The van der Waals surface area contributed by atoms with Crippen LogP contribution in [-0.4, -0.2) is 32.1 Å².